The van der Waals surface area contributed by atoms with Crippen LogP contribution in [0.4, 0.5) is 5.69 Å². The maximum absolute atomic E-state index is 4.13. The Morgan fingerprint density at radius 3 is 2.28 bits per heavy atom. The lowest BCUT2D eigenvalue weighted by Gasteiger charge is -2.13. The lowest BCUT2D eigenvalue weighted by atomic mass is 10.0. The van der Waals surface area contributed by atoms with Crippen LogP contribution in [0, 0.1) is 20.8 Å². The van der Waals surface area contributed by atoms with Gasteiger partial charge in [-0.1, -0.05) is 42.5 Å². The Bertz CT molecular complexity index is 565. The average Bonchev–Trinajstić information content (AvgIpc) is 2.35. The molecule has 0 aliphatic rings. The first-order valence-electron chi connectivity index (χ1n) is 6.17. The minimum atomic E-state index is 0.944. The first-order valence-corrected chi connectivity index (χ1v) is 6.17. The summed E-state index contributed by atoms with van der Waals surface area (Å²) in [6.07, 6.45) is 0. The Morgan fingerprint density at radius 1 is 0.944 bits per heavy atom. The molecule has 0 amide bonds. The Labute approximate surface area is 109 Å². The zero-order valence-corrected chi connectivity index (χ0v) is 11.2. The van der Waals surface area contributed by atoms with Crippen LogP contribution in [0.5, 0.6) is 0 Å². The van der Waals surface area contributed by atoms with E-state index in [1.54, 1.807) is 0 Å². The third-order valence-electron chi connectivity index (χ3n) is 3.28. The van der Waals surface area contributed by atoms with Gasteiger partial charge in [-0.15, -0.1) is 0 Å². The minimum Gasteiger partial charge on any atom is -0.356 e. The van der Waals surface area contributed by atoms with Gasteiger partial charge in [0.05, 0.1) is 0 Å². The highest BCUT2D eigenvalue weighted by Crippen LogP contribution is 2.22. The Morgan fingerprint density at radius 2 is 1.61 bits per heavy atom. The summed E-state index contributed by atoms with van der Waals surface area (Å²) in [6.45, 7) is 10.5. The molecule has 0 saturated carbocycles. The van der Waals surface area contributed by atoms with Crippen molar-refractivity contribution < 1.29 is 0 Å². The molecule has 0 aliphatic carbocycles. The Hall–Kier alpha value is -2.02. The Kier molecular flexibility index (Phi) is 3.52. The van der Waals surface area contributed by atoms with Crippen LogP contribution in [0.15, 0.2) is 49.0 Å². The molecule has 0 radical (unpaired) electrons. The Balaban J connectivity index is 2.22. The summed E-state index contributed by atoms with van der Waals surface area (Å²) in [4.78, 5) is 0. The predicted molar refractivity (Wildman–Crippen MR) is 79.8 cm³/mol. The second-order valence-corrected chi connectivity index (χ2v) is 4.72. The summed E-state index contributed by atoms with van der Waals surface area (Å²) in [5, 5.41) is 3.36. The van der Waals surface area contributed by atoms with Crippen LogP contribution in [0.2, 0.25) is 0 Å². The van der Waals surface area contributed by atoms with Gasteiger partial charge in [-0.2, -0.15) is 0 Å². The molecule has 0 spiro atoms. The number of benzene rings is 2. The highest BCUT2D eigenvalue weighted by molar-refractivity contribution is 5.77. The minimum absolute atomic E-state index is 0.944. The number of nitrogens with one attached hydrogen (secondary N) is 1. The number of aryl methyl sites for hydroxylation is 2. The van der Waals surface area contributed by atoms with E-state index in [0.717, 1.165) is 11.4 Å². The fraction of sp³-hybridized carbons (Fsp3) is 0.176. The van der Waals surface area contributed by atoms with Gasteiger partial charge in [0.2, 0.25) is 0 Å². The molecule has 92 valence electrons. The van der Waals surface area contributed by atoms with E-state index in [2.05, 4.69) is 75.1 Å². The smallest absolute Gasteiger partial charge is 0.0387 e. The van der Waals surface area contributed by atoms with E-state index in [0.29, 0.717) is 0 Å². The molecule has 18 heavy (non-hydrogen) atoms. The van der Waals surface area contributed by atoms with Gasteiger partial charge in [-0.25, -0.2) is 0 Å². The summed E-state index contributed by atoms with van der Waals surface area (Å²) in [5.41, 5.74) is 7.03. The van der Waals surface area contributed by atoms with Crippen molar-refractivity contribution in [3.63, 3.8) is 0 Å². The quantitative estimate of drug-likeness (QED) is 0.816. The summed E-state index contributed by atoms with van der Waals surface area (Å²) < 4.78 is 0. The van der Waals surface area contributed by atoms with Crippen LogP contribution in [-0.2, 0) is 0 Å². The molecule has 0 aromatic heterocycles. The first-order chi connectivity index (χ1) is 8.58. The maximum atomic E-state index is 4.13. The molecule has 0 bridgehead atoms. The van der Waals surface area contributed by atoms with E-state index in [-0.39, 0.29) is 0 Å². The second kappa shape index (κ2) is 5.09. The van der Waals surface area contributed by atoms with Crippen molar-refractivity contribution in [3.05, 3.63) is 71.3 Å². The van der Waals surface area contributed by atoms with Gasteiger partial charge < -0.3 is 5.32 Å². The molecule has 2 aromatic rings. The van der Waals surface area contributed by atoms with Crippen LogP contribution < -0.4 is 5.32 Å². The van der Waals surface area contributed by atoms with E-state index in [1.165, 1.54) is 22.3 Å². The monoisotopic (exact) mass is 237 g/mol. The molecule has 0 saturated heterocycles. The van der Waals surface area contributed by atoms with E-state index in [4.69, 9.17) is 0 Å². The van der Waals surface area contributed by atoms with E-state index >= 15 is 0 Å². The lowest BCUT2D eigenvalue weighted by Crippen LogP contribution is -2.00. The molecule has 2 aromatic carbocycles. The molecule has 1 N–H and O–H groups in total. The lowest BCUT2D eigenvalue weighted by molar-refractivity contribution is 1.31. The second-order valence-electron chi connectivity index (χ2n) is 4.72. The van der Waals surface area contributed by atoms with Crippen molar-refractivity contribution in [2.24, 2.45) is 0 Å². The van der Waals surface area contributed by atoms with Crippen molar-refractivity contribution in [2.75, 3.05) is 5.32 Å². The van der Waals surface area contributed by atoms with Crippen LogP contribution in [0.1, 0.15) is 22.3 Å². The van der Waals surface area contributed by atoms with Gasteiger partial charge in [-0.3, -0.25) is 0 Å². The average molecular weight is 237 g/mol. The summed E-state index contributed by atoms with van der Waals surface area (Å²) in [7, 11) is 0. The molecule has 0 unspecified atom stereocenters. The highest BCUT2D eigenvalue weighted by Gasteiger charge is 2.04. The molecule has 1 nitrogen and oxygen atoms in total. The normalized spacial score (nSPS) is 10.2. The van der Waals surface area contributed by atoms with Gasteiger partial charge in [0.25, 0.3) is 0 Å². The third kappa shape index (κ3) is 2.62. The molecule has 2 rings (SSSR count). The van der Waals surface area contributed by atoms with Crippen molar-refractivity contribution in [3.8, 4) is 0 Å². The summed E-state index contributed by atoms with van der Waals surface area (Å²) in [5.74, 6) is 0. The molecule has 0 heterocycles. The molecule has 0 aliphatic heterocycles. The zero-order valence-electron chi connectivity index (χ0n) is 11.2. The molecule has 0 atom stereocenters. The topological polar surface area (TPSA) is 12.0 Å². The fourth-order valence-corrected chi connectivity index (χ4v) is 1.96. The summed E-state index contributed by atoms with van der Waals surface area (Å²) in [6, 6.07) is 14.6. The zero-order chi connectivity index (χ0) is 13.1. The molecule has 0 fully saturated rings. The van der Waals surface area contributed by atoms with Gasteiger partial charge >= 0.3 is 0 Å². The molecular formula is C17H19N. The van der Waals surface area contributed by atoms with Crippen molar-refractivity contribution >= 4 is 11.4 Å². The van der Waals surface area contributed by atoms with Gasteiger partial charge in [-0.05, 0) is 44.0 Å². The maximum Gasteiger partial charge on any atom is 0.0387 e. The number of anilines is 1. The van der Waals surface area contributed by atoms with Crippen LogP contribution in [-0.4, -0.2) is 0 Å². The van der Waals surface area contributed by atoms with Crippen LogP contribution in [0.25, 0.3) is 5.70 Å². The largest absolute Gasteiger partial charge is 0.356 e. The van der Waals surface area contributed by atoms with Crippen LogP contribution >= 0.6 is 0 Å². The number of hydrogen-bond donors (Lipinski definition) is 1. The van der Waals surface area contributed by atoms with E-state index < -0.39 is 0 Å². The van der Waals surface area contributed by atoms with Crippen molar-refractivity contribution in [2.45, 2.75) is 20.8 Å². The third-order valence-corrected chi connectivity index (χ3v) is 3.28. The highest BCUT2D eigenvalue weighted by atomic mass is 14.9. The van der Waals surface area contributed by atoms with Gasteiger partial charge in [0.15, 0.2) is 0 Å². The SMILES string of the molecule is C=C(Nc1ccc(C)cc1)c1cccc(C)c1C. The predicted octanol–water partition coefficient (Wildman–Crippen LogP) is 4.69. The molecule has 1 heteroatoms. The van der Waals surface area contributed by atoms with E-state index in [1.807, 2.05) is 0 Å². The van der Waals surface area contributed by atoms with Crippen LogP contribution in [0.3, 0.4) is 0 Å². The fourth-order valence-electron chi connectivity index (χ4n) is 1.96. The van der Waals surface area contributed by atoms with Gasteiger partial charge in [0, 0.05) is 16.9 Å². The standard InChI is InChI=1S/C17H19N/c1-12-8-10-16(11-9-12)18-15(4)17-7-5-6-13(2)14(17)3/h5-11,18H,4H2,1-3H3. The molecular weight excluding hydrogens is 218 g/mol. The van der Waals surface area contributed by atoms with Crippen molar-refractivity contribution in [1.82, 2.24) is 0 Å². The number of hydrogen-bond acceptors (Lipinski definition) is 1. The van der Waals surface area contributed by atoms with E-state index in [9.17, 15) is 0 Å². The number of rotatable bonds is 3. The van der Waals surface area contributed by atoms with Crippen molar-refractivity contribution in [1.29, 1.82) is 0 Å². The summed E-state index contributed by atoms with van der Waals surface area (Å²) >= 11 is 0. The van der Waals surface area contributed by atoms with Gasteiger partial charge in [0.1, 0.15) is 0 Å². The first kappa shape index (κ1) is 12.4.